The van der Waals surface area contributed by atoms with Crippen LogP contribution >= 0.6 is 15.9 Å². The lowest BCUT2D eigenvalue weighted by atomic mass is 10.2. The molecular formula is C15H16BrNO2S. The smallest absolute Gasteiger partial charge is 0.262 e. The Morgan fingerprint density at radius 2 is 1.55 bits per heavy atom. The second-order valence-corrected chi connectivity index (χ2v) is 7.36. The molecule has 0 aromatic heterocycles. The van der Waals surface area contributed by atoms with Crippen molar-refractivity contribution in [3.05, 3.63) is 57.6 Å². The monoisotopic (exact) mass is 353 g/mol. The van der Waals surface area contributed by atoms with Crippen LogP contribution in [0.2, 0.25) is 0 Å². The summed E-state index contributed by atoms with van der Waals surface area (Å²) >= 11 is 3.38. The third kappa shape index (κ3) is 3.22. The number of rotatable bonds is 3. The number of halogens is 1. The van der Waals surface area contributed by atoms with Gasteiger partial charge in [-0.1, -0.05) is 18.2 Å². The fourth-order valence-corrected chi connectivity index (χ4v) is 4.03. The van der Waals surface area contributed by atoms with Gasteiger partial charge in [0, 0.05) is 4.47 Å². The van der Waals surface area contributed by atoms with E-state index in [1.54, 1.807) is 19.1 Å². The summed E-state index contributed by atoms with van der Waals surface area (Å²) < 4.78 is 28.3. The van der Waals surface area contributed by atoms with Gasteiger partial charge in [-0.3, -0.25) is 4.72 Å². The number of anilines is 1. The molecule has 0 saturated carbocycles. The van der Waals surface area contributed by atoms with Gasteiger partial charge in [-0.15, -0.1) is 0 Å². The Balaban J connectivity index is 2.43. The van der Waals surface area contributed by atoms with Crippen LogP contribution in [-0.4, -0.2) is 8.42 Å². The summed E-state index contributed by atoms with van der Waals surface area (Å²) in [6, 6.07) is 10.9. The highest BCUT2D eigenvalue weighted by Gasteiger charge is 2.18. The van der Waals surface area contributed by atoms with Crippen LogP contribution in [0.1, 0.15) is 16.7 Å². The van der Waals surface area contributed by atoms with Crippen LogP contribution < -0.4 is 4.72 Å². The number of sulfonamides is 1. The molecule has 0 aliphatic rings. The van der Waals surface area contributed by atoms with Crippen LogP contribution in [0.15, 0.2) is 45.8 Å². The number of benzene rings is 2. The number of nitrogens with one attached hydrogen (secondary N) is 1. The molecule has 0 aliphatic carbocycles. The molecule has 106 valence electrons. The minimum atomic E-state index is -3.58. The summed E-state index contributed by atoms with van der Waals surface area (Å²) in [4.78, 5) is 0.310. The molecule has 3 nitrogen and oxygen atoms in total. The molecule has 2 aromatic rings. The largest absolute Gasteiger partial charge is 0.278 e. The molecular weight excluding hydrogens is 338 g/mol. The number of aryl methyl sites for hydroxylation is 3. The van der Waals surface area contributed by atoms with Gasteiger partial charge in [0.15, 0.2) is 0 Å². The van der Waals surface area contributed by atoms with Crippen LogP contribution in [0.25, 0.3) is 0 Å². The zero-order valence-electron chi connectivity index (χ0n) is 11.6. The fraction of sp³-hybridized carbons (Fsp3) is 0.200. The molecule has 0 aliphatic heterocycles. The van der Waals surface area contributed by atoms with E-state index in [4.69, 9.17) is 0 Å². The molecule has 0 radical (unpaired) electrons. The highest BCUT2D eigenvalue weighted by atomic mass is 79.9. The molecule has 2 aromatic carbocycles. The molecule has 0 unspecified atom stereocenters. The van der Waals surface area contributed by atoms with Gasteiger partial charge in [-0.05, 0) is 71.6 Å². The van der Waals surface area contributed by atoms with Gasteiger partial charge in [-0.2, -0.15) is 0 Å². The van der Waals surface area contributed by atoms with E-state index in [9.17, 15) is 8.42 Å². The SMILES string of the molecule is Cc1ccc(NS(=O)(=O)c2cc(C)ccc2C)c(Br)c1. The summed E-state index contributed by atoms with van der Waals surface area (Å²) in [5.41, 5.74) is 3.24. The van der Waals surface area contributed by atoms with Crippen molar-refractivity contribution in [3.63, 3.8) is 0 Å². The lowest BCUT2D eigenvalue weighted by molar-refractivity contribution is 0.600. The van der Waals surface area contributed by atoms with E-state index in [1.165, 1.54) is 0 Å². The van der Waals surface area contributed by atoms with Crippen molar-refractivity contribution in [2.75, 3.05) is 4.72 Å². The predicted molar refractivity (Wildman–Crippen MR) is 85.6 cm³/mol. The maximum Gasteiger partial charge on any atom is 0.262 e. The van der Waals surface area contributed by atoms with Gasteiger partial charge in [-0.25, -0.2) is 8.42 Å². The van der Waals surface area contributed by atoms with E-state index in [-0.39, 0.29) is 0 Å². The molecule has 0 amide bonds. The molecule has 0 heterocycles. The molecule has 2 rings (SSSR count). The zero-order valence-corrected chi connectivity index (χ0v) is 14.0. The number of hydrogen-bond acceptors (Lipinski definition) is 2. The Kier molecular flexibility index (Phi) is 4.20. The Labute approximate surface area is 128 Å². The fourth-order valence-electron chi connectivity index (χ4n) is 1.90. The molecule has 20 heavy (non-hydrogen) atoms. The van der Waals surface area contributed by atoms with Crippen molar-refractivity contribution >= 4 is 31.6 Å². The van der Waals surface area contributed by atoms with Gasteiger partial charge in [0.05, 0.1) is 10.6 Å². The second-order valence-electron chi connectivity index (χ2n) is 4.86. The van der Waals surface area contributed by atoms with E-state index in [0.29, 0.717) is 10.6 Å². The zero-order chi connectivity index (χ0) is 14.9. The van der Waals surface area contributed by atoms with Gasteiger partial charge in [0.1, 0.15) is 0 Å². The molecule has 1 N–H and O–H groups in total. The minimum absolute atomic E-state index is 0.310. The van der Waals surface area contributed by atoms with Crippen molar-refractivity contribution in [1.29, 1.82) is 0 Å². The maximum atomic E-state index is 12.5. The number of hydrogen-bond donors (Lipinski definition) is 1. The Hall–Kier alpha value is -1.33. The minimum Gasteiger partial charge on any atom is -0.278 e. The van der Waals surface area contributed by atoms with Crippen molar-refractivity contribution < 1.29 is 8.42 Å². The molecule has 0 fully saturated rings. The van der Waals surface area contributed by atoms with E-state index >= 15 is 0 Å². The maximum absolute atomic E-state index is 12.5. The van der Waals surface area contributed by atoms with Gasteiger partial charge in [0.2, 0.25) is 0 Å². The summed E-state index contributed by atoms with van der Waals surface area (Å²) in [6.07, 6.45) is 0. The van der Waals surface area contributed by atoms with Crippen molar-refractivity contribution in [2.24, 2.45) is 0 Å². The van der Waals surface area contributed by atoms with E-state index < -0.39 is 10.0 Å². The highest BCUT2D eigenvalue weighted by molar-refractivity contribution is 9.10. The van der Waals surface area contributed by atoms with Crippen LogP contribution in [0.3, 0.4) is 0 Å². The first-order valence-corrected chi connectivity index (χ1v) is 8.43. The van der Waals surface area contributed by atoms with E-state index in [1.807, 2.05) is 38.1 Å². The lowest BCUT2D eigenvalue weighted by Gasteiger charge is -2.12. The predicted octanol–water partition coefficient (Wildman–Crippen LogP) is 4.18. The van der Waals surface area contributed by atoms with Crippen LogP contribution in [0.5, 0.6) is 0 Å². The summed E-state index contributed by atoms with van der Waals surface area (Å²) in [6.45, 7) is 5.62. The Bertz CT molecular complexity index is 754. The van der Waals surface area contributed by atoms with Crippen LogP contribution in [0, 0.1) is 20.8 Å². The van der Waals surface area contributed by atoms with Crippen molar-refractivity contribution in [2.45, 2.75) is 25.7 Å². The molecule has 0 bridgehead atoms. The average Bonchev–Trinajstić information content (AvgIpc) is 2.35. The van der Waals surface area contributed by atoms with E-state index in [0.717, 1.165) is 21.2 Å². The molecule has 0 spiro atoms. The highest BCUT2D eigenvalue weighted by Crippen LogP contribution is 2.27. The first-order chi connectivity index (χ1) is 9.29. The summed E-state index contributed by atoms with van der Waals surface area (Å²) in [5.74, 6) is 0. The lowest BCUT2D eigenvalue weighted by Crippen LogP contribution is -2.14. The van der Waals surface area contributed by atoms with Crippen LogP contribution in [-0.2, 0) is 10.0 Å². The molecule has 5 heteroatoms. The van der Waals surface area contributed by atoms with Gasteiger partial charge >= 0.3 is 0 Å². The van der Waals surface area contributed by atoms with E-state index in [2.05, 4.69) is 20.7 Å². The van der Waals surface area contributed by atoms with Gasteiger partial charge in [0.25, 0.3) is 10.0 Å². The van der Waals surface area contributed by atoms with Crippen molar-refractivity contribution in [3.8, 4) is 0 Å². The second kappa shape index (κ2) is 5.58. The summed E-state index contributed by atoms with van der Waals surface area (Å²) in [5, 5.41) is 0. The third-order valence-corrected chi connectivity index (χ3v) is 5.17. The topological polar surface area (TPSA) is 46.2 Å². The standard InChI is InChI=1S/C15H16BrNO2S/c1-10-5-7-14(13(16)8-10)17-20(18,19)15-9-11(2)4-6-12(15)3/h4-9,17H,1-3H3. The normalized spacial score (nSPS) is 11.4. The third-order valence-electron chi connectivity index (χ3n) is 3.00. The quantitative estimate of drug-likeness (QED) is 0.899. The molecule has 0 atom stereocenters. The average molecular weight is 354 g/mol. The Morgan fingerprint density at radius 1 is 0.950 bits per heavy atom. The first kappa shape index (κ1) is 15.1. The Morgan fingerprint density at radius 3 is 2.20 bits per heavy atom. The summed E-state index contributed by atoms with van der Waals surface area (Å²) in [7, 11) is -3.58. The molecule has 0 saturated heterocycles. The van der Waals surface area contributed by atoms with Gasteiger partial charge < -0.3 is 0 Å². The van der Waals surface area contributed by atoms with Crippen LogP contribution in [0.4, 0.5) is 5.69 Å². The van der Waals surface area contributed by atoms with Crippen molar-refractivity contribution in [1.82, 2.24) is 0 Å². The first-order valence-electron chi connectivity index (χ1n) is 6.16.